The number of methoxy groups -OCH3 is 1. The molecule has 0 unspecified atom stereocenters. The number of hydrogen-bond donors (Lipinski definition) is 1. The molecule has 0 aliphatic rings. The van der Waals surface area contributed by atoms with Crippen molar-refractivity contribution in [3.63, 3.8) is 0 Å². The van der Waals surface area contributed by atoms with Gasteiger partial charge in [-0.15, -0.1) is 0 Å². The van der Waals surface area contributed by atoms with E-state index in [1.54, 1.807) is 20.2 Å². The molecule has 100 valence electrons. The van der Waals surface area contributed by atoms with E-state index in [4.69, 9.17) is 4.74 Å². The third-order valence-corrected chi connectivity index (χ3v) is 3.20. The Hall–Kier alpha value is -1.66. The molecule has 0 aliphatic heterocycles. The maximum absolute atomic E-state index is 13.1. The molecule has 2 rings (SSSR count). The second kappa shape index (κ2) is 6.49. The normalized spacial score (nSPS) is 10.5. The van der Waals surface area contributed by atoms with Gasteiger partial charge < -0.3 is 10.1 Å². The molecule has 2 aromatic rings. The lowest BCUT2D eigenvalue weighted by molar-refractivity contribution is 0.177. The van der Waals surface area contributed by atoms with Crippen molar-refractivity contribution in [3.05, 3.63) is 42.0 Å². The molecule has 0 saturated carbocycles. The number of anilines is 1. The summed E-state index contributed by atoms with van der Waals surface area (Å²) in [4.78, 5) is 9.42. The van der Waals surface area contributed by atoms with Crippen LogP contribution in [0.3, 0.4) is 0 Å². The third-order valence-electron chi connectivity index (χ3n) is 2.30. The van der Waals surface area contributed by atoms with Crippen molar-refractivity contribution in [3.8, 4) is 0 Å². The first kappa shape index (κ1) is 13.8. The van der Waals surface area contributed by atoms with E-state index in [0.29, 0.717) is 18.2 Å². The van der Waals surface area contributed by atoms with Crippen molar-refractivity contribution in [2.75, 3.05) is 19.5 Å². The monoisotopic (exact) mass is 279 g/mol. The van der Waals surface area contributed by atoms with Crippen LogP contribution in [0.2, 0.25) is 0 Å². The molecule has 1 aromatic heterocycles. The Morgan fingerprint density at radius 2 is 2.16 bits per heavy atom. The Bertz CT molecular complexity index is 565. The van der Waals surface area contributed by atoms with Crippen molar-refractivity contribution < 1.29 is 9.13 Å². The average molecular weight is 279 g/mol. The molecule has 0 bridgehead atoms. The lowest BCUT2D eigenvalue weighted by atomic mass is 10.4. The molecular weight excluding hydrogens is 265 g/mol. The molecule has 1 heterocycles. The molecule has 0 amide bonds. The highest BCUT2D eigenvalue weighted by Gasteiger charge is 2.06. The fourth-order valence-corrected chi connectivity index (χ4v) is 2.38. The van der Waals surface area contributed by atoms with E-state index >= 15 is 0 Å². The predicted octanol–water partition coefficient (Wildman–Crippen LogP) is 2.96. The third kappa shape index (κ3) is 3.90. The van der Waals surface area contributed by atoms with E-state index in [1.807, 2.05) is 12.1 Å². The van der Waals surface area contributed by atoms with Gasteiger partial charge in [-0.05, 0) is 18.2 Å². The number of halogens is 1. The fraction of sp³-hybridized carbons (Fsp3) is 0.231. The van der Waals surface area contributed by atoms with Crippen LogP contribution in [0, 0.1) is 5.82 Å². The number of benzene rings is 1. The first-order valence-electron chi connectivity index (χ1n) is 5.69. The Morgan fingerprint density at radius 1 is 1.32 bits per heavy atom. The van der Waals surface area contributed by atoms with Gasteiger partial charge in [0.15, 0.2) is 5.82 Å². The van der Waals surface area contributed by atoms with Gasteiger partial charge in [0.1, 0.15) is 23.3 Å². The quantitative estimate of drug-likeness (QED) is 0.853. The lowest BCUT2D eigenvalue weighted by Crippen LogP contribution is -2.02. The minimum Gasteiger partial charge on any atom is -0.377 e. The number of aromatic nitrogens is 2. The summed E-state index contributed by atoms with van der Waals surface area (Å²) in [5.41, 5.74) is 0. The topological polar surface area (TPSA) is 47.0 Å². The van der Waals surface area contributed by atoms with Gasteiger partial charge in [-0.2, -0.15) is 0 Å². The molecule has 1 aromatic carbocycles. The Balaban J connectivity index is 2.26. The van der Waals surface area contributed by atoms with E-state index in [-0.39, 0.29) is 5.82 Å². The maximum Gasteiger partial charge on any atom is 0.157 e. The minimum atomic E-state index is -0.259. The van der Waals surface area contributed by atoms with E-state index < -0.39 is 0 Å². The zero-order valence-corrected chi connectivity index (χ0v) is 11.5. The summed E-state index contributed by atoms with van der Waals surface area (Å²) in [6.45, 7) is 0.340. The van der Waals surface area contributed by atoms with Crippen LogP contribution in [-0.2, 0) is 11.3 Å². The smallest absolute Gasteiger partial charge is 0.157 e. The van der Waals surface area contributed by atoms with Crippen molar-refractivity contribution in [2.45, 2.75) is 16.5 Å². The zero-order valence-electron chi connectivity index (χ0n) is 10.7. The van der Waals surface area contributed by atoms with Crippen molar-refractivity contribution in [1.29, 1.82) is 0 Å². The molecule has 0 spiro atoms. The second-order valence-corrected chi connectivity index (χ2v) is 4.84. The molecule has 0 radical (unpaired) electrons. The molecule has 1 N–H and O–H groups in total. The van der Waals surface area contributed by atoms with Gasteiger partial charge in [-0.1, -0.05) is 17.8 Å². The molecule has 0 atom stereocenters. The Kier molecular flexibility index (Phi) is 4.70. The van der Waals surface area contributed by atoms with Gasteiger partial charge in [-0.3, -0.25) is 0 Å². The summed E-state index contributed by atoms with van der Waals surface area (Å²) in [6.07, 6.45) is 0. The Morgan fingerprint density at radius 3 is 2.84 bits per heavy atom. The van der Waals surface area contributed by atoms with Crippen molar-refractivity contribution >= 4 is 17.6 Å². The van der Waals surface area contributed by atoms with Crippen molar-refractivity contribution in [2.24, 2.45) is 0 Å². The minimum absolute atomic E-state index is 0.259. The molecule has 6 heteroatoms. The van der Waals surface area contributed by atoms with E-state index in [9.17, 15) is 4.39 Å². The first-order valence-corrected chi connectivity index (χ1v) is 6.51. The van der Waals surface area contributed by atoms with Crippen LogP contribution in [-0.4, -0.2) is 24.1 Å². The average Bonchev–Trinajstić information content (AvgIpc) is 2.39. The highest BCUT2D eigenvalue weighted by molar-refractivity contribution is 7.99. The van der Waals surface area contributed by atoms with Crippen LogP contribution in [0.1, 0.15) is 5.82 Å². The SMILES string of the molecule is CNc1cc(Sc2cccc(F)c2)nc(COC)n1. The van der Waals surface area contributed by atoms with Crippen molar-refractivity contribution in [1.82, 2.24) is 9.97 Å². The molecular formula is C13H14FN3OS. The number of ether oxygens (including phenoxy) is 1. The summed E-state index contributed by atoms with van der Waals surface area (Å²) >= 11 is 1.38. The van der Waals surface area contributed by atoms with Gasteiger partial charge >= 0.3 is 0 Å². The van der Waals surface area contributed by atoms with Gasteiger partial charge in [-0.25, -0.2) is 14.4 Å². The number of nitrogens with one attached hydrogen (secondary N) is 1. The summed E-state index contributed by atoms with van der Waals surface area (Å²) < 4.78 is 18.2. The van der Waals surface area contributed by atoms with Gasteiger partial charge in [0.2, 0.25) is 0 Å². The van der Waals surface area contributed by atoms with Crippen LogP contribution in [0.25, 0.3) is 0 Å². The zero-order chi connectivity index (χ0) is 13.7. The highest BCUT2D eigenvalue weighted by atomic mass is 32.2. The Labute approximate surface area is 115 Å². The van der Waals surface area contributed by atoms with Crippen LogP contribution >= 0.6 is 11.8 Å². The largest absolute Gasteiger partial charge is 0.377 e. The number of rotatable bonds is 5. The maximum atomic E-state index is 13.1. The van der Waals surface area contributed by atoms with Crippen LogP contribution in [0.15, 0.2) is 40.3 Å². The van der Waals surface area contributed by atoms with E-state index in [0.717, 1.165) is 9.92 Å². The standard InChI is InChI=1S/C13H14FN3OS/c1-15-11-7-13(17-12(16-11)8-18-2)19-10-5-3-4-9(14)6-10/h3-7H,8H2,1-2H3,(H,15,16,17). The second-order valence-electron chi connectivity index (χ2n) is 3.75. The van der Waals surface area contributed by atoms with E-state index in [2.05, 4.69) is 15.3 Å². The highest BCUT2D eigenvalue weighted by Crippen LogP contribution is 2.27. The molecule has 4 nitrogen and oxygen atoms in total. The van der Waals surface area contributed by atoms with E-state index in [1.165, 1.54) is 23.9 Å². The van der Waals surface area contributed by atoms with Gasteiger partial charge in [0, 0.05) is 25.1 Å². The molecule has 0 fully saturated rings. The summed E-state index contributed by atoms with van der Waals surface area (Å²) in [6, 6.07) is 8.22. The van der Waals surface area contributed by atoms with Crippen LogP contribution in [0.5, 0.6) is 0 Å². The van der Waals surface area contributed by atoms with Crippen LogP contribution in [0.4, 0.5) is 10.2 Å². The molecule has 0 saturated heterocycles. The lowest BCUT2D eigenvalue weighted by Gasteiger charge is -2.07. The molecule has 19 heavy (non-hydrogen) atoms. The summed E-state index contributed by atoms with van der Waals surface area (Å²) in [7, 11) is 3.38. The number of hydrogen-bond acceptors (Lipinski definition) is 5. The fourth-order valence-electron chi connectivity index (χ4n) is 1.50. The number of nitrogens with zero attached hydrogens (tertiary/aromatic N) is 2. The van der Waals surface area contributed by atoms with Gasteiger partial charge in [0.25, 0.3) is 0 Å². The molecule has 0 aliphatic carbocycles. The van der Waals surface area contributed by atoms with Crippen LogP contribution < -0.4 is 5.32 Å². The van der Waals surface area contributed by atoms with Gasteiger partial charge in [0.05, 0.1) is 0 Å². The summed E-state index contributed by atoms with van der Waals surface area (Å²) in [5.74, 6) is 1.04. The first-order chi connectivity index (χ1) is 9.21. The summed E-state index contributed by atoms with van der Waals surface area (Å²) in [5, 5.41) is 3.72. The predicted molar refractivity (Wildman–Crippen MR) is 72.8 cm³/mol.